The van der Waals surface area contributed by atoms with E-state index in [-0.39, 0.29) is 5.39 Å². The average Bonchev–Trinajstić information content (AvgIpc) is 2.35. The number of carboxylic acid groups (broad SMARTS) is 1. The van der Waals surface area contributed by atoms with Crippen LogP contribution in [0.15, 0.2) is 10.9 Å². The summed E-state index contributed by atoms with van der Waals surface area (Å²) in [6.07, 6.45) is 0. The van der Waals surface area contributed by atoms with E-state index >= 15 is 0 Å². The van der Waals surface area contributed by atoms with Crippen molar-refractivity contribution in [1.82, 2.24) is 9.78 Å². The van der Waals surface area contributed by atoms with Crippen molar-refractivity contribution in [2.24, 2.45) is 0 Å². The van der Waals surface area contributed by atoms with Gasteiger partial charge < -0.3 is 5.11 Å². The molecule has 0 aliphatic heterocycles. The highest BCUT2D eigenvalue weighted by molar-refractivity contribution is 6.36. The van der Waals surface area contributed by atoms with E-state index in [1.807, 2.05) is 13.8 Å². The molecule has 0 spiro atoms. The van der Waals surface area contributed by atoms with Crippen LogP contribution in [0.4, 0.5) is 0 Å². The zero-order valence-electron chi connectivity index (χ0n) is 10.8. The first-order valence-corrected chi connectivity index (χ1v) is 6.20. The van der Waals surface area contributed by atoms with Gasteiger partial charge in [-0.25, -0.2) is 4.79 Å². The van der Waals surface area contributed by atoms with Gasteiger partial charge in [0.2, 0.25) is 11.1 Å². The van der Waals surface area contributed by atoms with Gasteiger partial charge in [0.15, 0.2) is 0 Å². The SMILES string of the molecule is CCn1nc(C(=O)O)c(=O)c2c(Cl)c(C)c(C)cc21. The molecule has 0 aliphatic rings. The van der Waals surface area contributed by atoms with Crippen molar-refractivity contribution < 1.29 is 9.90 Å². The number of nitrogens with zero attached hydrogens (tertiary/aromatic N) is 2. The van der Waals surface area contributed by atoms with Crippen LogP contribution in [0.5, 0.6) is 0 Å². The van der Waals surface area contributed by atoms with E-state index in [9.17, 15) is 9.59 Å². The Bertz CT molecular complexity index is 750. The minimum atomic E-state index is -1.34. The summed E-state index contributed by atoms with van der Waals surface area (Å²) in [4.78, 5) is 23.3. The highest BCUT2D eigenvalue weighted by atomic mass is 35.5. The number of fused-ring (bicyclic) bond motifs is 1. The van der Waals surface area contributed by atoms with Gasteiger partial charge in [-0.1, -0.05) is 11.6 Å². The number of hydrogen-bond acceptors (Lipinski definition) is 3. The number of hydrogen-bond donors (Lipinski definition) is 1. The fourth-order valence-corrected chi connectivity index (χ4v) is 2.33. The molecule has 0 aliphatic carbocycles. The monoisotopic (exact) mass is 280 g/mol. The first-order chi connectivity index (χ1) is 8.88. The largest absolute Gasteiger partial charge is 0.476 e. The second-order valence-corrected chi connectivity index (χ2v) is 4.70. The Balaban J connectivity index is 3.09. The predicted molar refractivity (Wildman–Crippen MR) is 73.1 cm³/mol. The zero-order valence-corrected chi connectivity index (χ0v) is 11.6. The lowest BCUT2D eigenvalue weighted by Gasteiger charge is -2.12. The number of rotatable bonds is 2. The van der Waals surface area contributed by atoms with E-state index in [1.165, 1.54) is 4.68 Å². The van der Waals surface area contributed by atoms with Crippen LogP contribution >= 0.6 is 11.6 Å². The number of halogens is 1. The number of aromatic carboxylic acids is 1. The summed E-state index contributed by atoms with van der Waals surface area (Å²) in [5.74, 6) is -1.34. The molecular formula is C13H13ClN2O3. The third-order valence-electron chi connectivity index (χ3n) is 3.19. The first-order valence-electron chi connectivity index (χ1n) is 5.82. The van der Waals surface area contributed by atoms with Crippen LogP contribution < -0.4 is 5.43 Å². The number of carbonyl (C=O) groups is 1. The van der Waals surface area contributed by atoms with Crippen LogP contribution in [0.25, 0.3) is 10.9 Å². The Morgan fingerprint density at radius 1 is 1.47 bits per heavy atom. The van der Waals surface area contributed by atoms with Gasteiger partial charge >= 0.3 is 5.97 Å². The van der Waals surface area contributed by atoms with Crippen LogP contribution in [0.2, 0.25) is 5.02 Å². The predicted octanol–water partition coefficient (Wildman–Crippen LogP) is 2.38. The Morgan fingerprint density at radius 2 is 2.11 bits per heavy atom. The van der Waals surface area contributed by atoms with E-state index in [1.54, 1.807) is 13.0 Å². The second kappa shape index (κ2) is 4.66. The molecule has 19 heavy (non-hydrogen) atoms. The van der Waals surface area contributed by atoms with Crippen molar-refractivity contribution in [3.8, 4) is 0 Å². The molecule has 6 heteroatoms. The maximum Gasteiger partial charge on any atom is 0.360 e. The molecule has 0 saturated carbocycles. The van der Waals surface area contributed by atoms with Crippen molar-refractivity contribution in [2.75, 3.05) is 0 Å². The van der Waals surface area contributed by atoms with Gasteiger partial charge in [0.1, 0.15) is 0 Å². The molecule has 0 saturated heterocycles. The van der Waals surface area contributed by atoms with Crippen molar-refractivity contribution in [2.45, 2.75) is 27.3 Å². The van der Waals surface area contributed by atoms with Gasteiger partial charge in [0, 0.05) is 6.54 Å². The van der Waals surface area contributed by atoms with Crippen molar-refractivity contribution in [3.63, 3.8) is 0 Å². The molecule has 0 atom stereocenters. The number of aryl methyl sites for hydroxylation is 2. The number of aromatic nitrogens is 2. The van der Waals surface area contributed by atoms with Gasteiger partial charge in [-0.15, -0.1) is 0 Å². The van der Waals surface area contributed by atoms with Gasteiger partial charge in [0.05, 0.1) is 15.9 Å². The molecule has 1 N–H and O–H groups in total. The van der Waals surface area contributed by atoms with Gasteiger partial charge in [-0.3, -0.25) is 9.48 Å². The summed E-state index contributed by atoms with van der Waals surface area (Å²) >= 11 is 6.21. The smallest absolute Gasteiger partial charge is 0.360 e. The Morgan fingerprint density at radius 3 is 2.63 bits per heavy atom. The molecule has 0 unspecified atom stereocenters. The van der Waals surface area contributed by atoms with E-state index in [2.05, 4.69) is 5.10 Å². The van der Waals surface area contributed by atoms with E-state index in [0.717, 1.165) is 11.1 Å². The van der Waals surface area contributed by atoms with Gasteiger partial charge in [0.25, 0.3) is 0 Å². The van der Waals surface area contributed by atoms with Gasteiger partial charge in [-0.2, -0.15) is 5.10 Å². The maximum atomic E-state index is 12.2. The van der Waals surface area contributed by atoms with Crippen LogP contribution in [0, 0.1) is 13.8 Å². The third-order valence-corrected chi connectivity index (χ3v) is 3.67. The Labute approximate surface area is 114 Å². The molecule has 1 aromatic carbocycles. The molecule has 2 rings (SSSR count). The lowest BCUT2D eigenvalue weighted by atomic mass is 10.1. The quantitative estimate of drug-likeness (QED) is 0.917. The molecule has 0 radical (unpaired) electrons. The molecule has 0 fully saturated rings. The highest BCUT2D eigenvalue weighted by Gasteiger charge is 2.19. The van der Waals surface area contributed by atoms with E-state index in [4.69, 9.17) is 16.7 Å². The van der Waals surface area contributed by atoms with E-state index < -0.39 is 17.1 Å². The van der Waals surface area contributed by atoms with Gasteiger partial charge in [-0.05, 0) is 38.0 Å². The standard InChI is InChI=1S/C13H13ClN2O3/c1-4-16-8-5-6(2)7(3)10(14)9(8)12(17)11(15-16)13(18)19/h5H,4H2,1-3H3,(H,18,19). The Kier molecular flexibility index (Phi) is 3.32. The molecule has 100 valence electrons. The number of benzene rings is 1. The first kappa shape index (κ1) is 13.5. The minimum absolute atomic E-state index is 0.221. The van der Waals surface area contributed by atoms with Crippen LogP contribution in [-0.2, 0) is 6.54 Å². The maximum absolute atomic E-state index is 12.2. The molecule has 0 bridgehead atoms. The minimum Gasteiger partial charge on any atom is -0.476 e. The second-order valence-electron chi connectivity index (χ2n) is 4.33. The van der Waals surface area contributed by atoms with Crippen molar-refractivity contribution >= 4 is 28.5 Å². The van der Waals surface area contributed by atoms with Crippen LogP contribution in [0.1, 0.15) is 28.5 Å². The third kappa shape index (κ3) is 2.00. The summed E-state index contributed by atoms with van der Waals surface area (Å²) in [5.41, 5.74) is 1.13. The fraction of sp³-hybridized carbons (Fsp3) is 0.308. The lowest BCUT2D eigenvalue weighted by molar-refractivity contribution is 0.0686. The summed E-state index contributed by atoms with van der Waals surface area (Å²) < 4.78 is 1.48. The molecular weight excluding hydrogens is 268 g/mol. The normalized spacial score (nSPS) is 10.9. The molecule has 0 amide bonds. The fourth-order valence-electron chi connectivity index (χ4n) is 2.00. The average molecular weight is 281 g/mol. The number of carboxylic acids is 1. The molecule has 2 aromatic rings. The van der Waals surface area contributed by atoms with Crippen LogP contribution in [-0.4, -0.2) is 20.9 Å². The molecule has 1 heterocycles. The van der Waals surface area contributed by atoms with Crippen LogP contribution in [0.3, 0.4) is 0 Å². The zero-order chi connectivity index (χ0) is 14.3. The summed E-state index contributed by atoms with van der Waals surface area (Å²) in [5, 5.41) is 13.4. The molecule has 1 aromatic heterocycles. The summed E-state index contributed by atoms with van der Waals surface area (Å²) in [6, 6.07) is 1.81. The molecule has 5 nitrogen and oxygen atoms in total. The van der Waals surface area contributed by atoms with E-state index in [0.29, 0.717) is 17.1 Å². The van der Waals surface area contributed by atoms with Crippen molar-refractivity contribution in [1.29, 1.82) is 0 Å². The topological polar surface area (TPSA) is 72.2 Å². The van der Waals surface area contributed by atoms with Crippen molar-refractivity contribution in [3.05, 3.63) is 38.1 Å². The lowest BCUT2D eigenvalue weighted by Crippen LogP contribution is -2.23. The Hall–Kier alpha value is -1.88. The highest BCUT2D eigenvalue weighted by Crippen LogP contribution is 2.27. The summed E-state index contributed by atoms with van der Waals surface area (Å²) in [6.45, 7) is 5.96. The summed E-state index contributed by atoms with van der Waals surface area (Å²) in [7, 11) is 0.